The van der Waals surface area contributed by atoms with Gasteiger partial charge in [0.05, 0.1) is 4.90 Å². The van der Waals surface area contributed by atoms with Gasteiger partial charge in [0.25, 0.3) is 0 Å². The number of hydrogen-bond donors (Lipinski definition) is 0. The Labute approximate surface area is 236 Å². The van der Waals surface area contributed by atoms with Crippen LogP contribution in [0.2, 0.25) is 0 Å². The lowest BCUT2D eigenvalue weighted by Crippen LogP contribution is -2.44. The van der Waals surface area contributed by atoms with Crippen molar-refractivity contribution in [2.24, 2.45) is 18.9 Å². The lowest BCUT2D eigenvalue weighted by atomic mass is 9.76. The van der Waals surface area contributed by atoms with Gasteiger partial charge in [-0.2, -0.15) is 4.31 Å². The van der Waals surface area contributed by atoms with E-state index in [2.05, 4.69) is 26.1 Å². The highest BCUT2D eigenvalue weighted by atomic mass is 32.2. The van der Waals surface area contributed by atoms with Crippen LogP contribution >= 0.6 is 11.8 Å². The molecule has 0 N–H and O–H groups in total. The van der Waals surface area contributed by atoms with Crippen molar-refractivity contribution >= 4 is 21.8 Å². The van der Waals surface area contributed by atoms with Crippen molar-refractivity contribution in [3.05, 3.63) is 53.9 Å². The molecule has 2 fully saturated rings. The van der Waals surface area contributed by atoms with E-state index in [1.807, 2.05) is 42.1 Å². The molecule has 0 radical (unpaired) electrons. The summed E-state index contributed by atoms with van der Waals surface area (Å²) in [6, 6.07) is 9.75. The molecule has 1 saturated heterocycles. The van der Waals surface area contributed by atoms with Crippen LogP contribution in [0, 0.1) is 11.8 Å². The Bertz CT molecular complexity index is 1390. The molecule has 0 bridgehead atoms. The van der Waals surface area contributed by atoms with Gasteiger partial charge in [0.2, 0.25) is 10.0 Å². The average molecular weight is 567 g/mol. The number of rotatable bonds is 8. The summed E-state index contributed by atoms with van der Waals surface area (Å²) < 4.78 is 31.0. The van der Waals surface area contributed by atoms with Crippen LogP contribution in [0.1, 0.15) is 49.7 Å². The quantitative estimate of drug-likeness (QED) is 0.291. The van der Waals surface area contributed by atoms with Crippen LogP contribution < -0.4 is 0 Å². The largest absolute Gasteiger partial charge is 0.305 e. The van der Waals surface area contributed by atoms with Crippen molar-refractivity contribution in [3.63, 3.8) is 0 Å². The molecule has 3 aromatic rings. The van der Waals surface area contributed by atoms with Gasteiger partial charge in [0, 0.05) is 56.9 Å². The minimum absolute atomic E-state index is 0.472. The number of pyridine rings is 1. The summed E-state index contributed by atoms with van der Waals surface area (Å²) in [5.74, 6) is 3.04. The fraction of sp³-hybridized carbons (Fsp3) is 0.552. The topological polar surface area (TPSA) is 84.2 Å². The van der Waals surface area contributed by atoms with E-state index in [0.29, 0.717) is 23.9 Å². The lowest BCUT2D eigenvalue weighted by molar-refractivity contribution is 0.136. The summed E-state index contributed by atoms with van der Waals surface area (Å²) in [6.07, 6.45) is 11.6. The Morgan fingerprint density at radius 3 is 2.74 bits per heavy atom. The fourth-order valence-corrected chi connectivity index (χ4v) is 8.91. The second-order valence-corrected chi connectivity index (χ2v) is 14.2. The van der Waals surface area contributed by atoms with Crippen LogP contribution in [-0.2, 0) is 30.0 Å². The molecule has 1 aliphatic carbocycles. The van der Waals surface area contributed by atoms with E-state index < -0.39 is 10.0 Å². The molecular weight excluding hydrogens is 528 g/mol. The standard InChI is InChI=1S/C29H38N6O2S2/c1-33-28(24-8-4-13-30-19-24)31-32-29(33)38-17-5-14-34-15-11-23-9-10-27(18-26(23)20-34)39(36,37)35-16-12-22-6-2-3-7-25(22)21-35/h4,8-10,13,18-19,22,25H,2-3,5-7,11-12,14-17,20-21H2,1H3. The molecule has 8 nitrogen and oxygen atoms in total. The Morgan fingerprint density at radius 2 is 1.90 bits per heavy atom. The molecular formula is C29H38N6O2S2. The molecule has 1 aromatic carbocycles. The minimum Gasteiger partial charge on any atom is -0.305 e. The minimum atomic E-state index is -3.44. The Hall–Kier alpha value is -2.27. The van der Waals surface area contributed by atoms with Gasteiger partial charge in [-0.25, -0.2) is 8.42 Å². The summed E-state index contributed by atoms with van der Waals surface area (Å²) in [4.78, 5) is 7.10. The van der Waals surface area contributed by atoms with E-state index in [4.69, 9.17) is 0 Å². The van der Waals surface area contributed by atoms with Crippen LogP contribution in [0.25, 0.3) is 11.4 Å². The zero-order valence-corrected chi connectivity index (χ0v) is 24.3. The monoisotopic (exact) mass is 566 g/mol. The molecule has 2 atom stereocenters. The van der Waals surface area contributed by atoms with E-state index in [9.17, 15) is 8.42 Å². The van der Waals surface area contributed by atoms with Crippen LogP contribution in [0.15, 0.2) is 52.8 Å². The molecule has 2 aromatic heterocycles. The normalized spacial score (nSPS) is 22.4. The van der Waals surface area contributed by atoms with Gasteiger partial charge < -0.3 is 4.57 Å². The second-order valence-electron chi connectivity index (χ2n) is 11.2. The predicted molar refractivity (Wildman–Crippen MR) is 154 cm³/mol. The number of sulfonamides is 1. The molecule has 4 heterocycles. The van der Waals surface area contributed by atoms with Gasteiger partial charge in [-0.3, -0.25) is 9.88 Å². The zero-order chi connectivity index (χ0) is 26.8. The van der Waals surface area contributed by atoms with Crippen molar-refractivity contribution in [3.8, 4) is 11.4 Å². The number of piperidine rings is 1. The number of fused-ring (bicyclic) bond motifs is 2. The molecule has 2 unspecified atom stereocenters. The van der Waals surface area contributed by atoms with Crippen molar-refractivity contribution in [2.45, 2.75) is 61.5 Å². The first-order chi connectivity index (χ1) is 19.0. The maximum Gasteiger partial charge on any atom is 0.243 e. The average Bonchev–Trinajstić information content (AvgIpc) is 3.34. The molecule has 1 saturated carbocycles. The second kappa shape index (κ2) is 11.7. The van der Waals surface area contributed by atoms with E-state index in [1.165, 1.54) is 31.2 Å². The summed E-state index contributed by atoms with van der Waals surface area (Å²) in [5.41, 5.74) is 3.41. The van der Waals surface area contributed by atoms with E-state index in [0.717, 1.165) is 72.7 Å². The highest BCUT2D eigenvalue weighted by Gasteiger charge is 2.36. The molecule has 2 aliphatic heterocycles. The third kappa shape index (κ3) is 5.80. The van der Waals surface area contributed by atoms with Gasteiger partial charge in [-0.15, -0.1) is 10.2 Å². The van der Waals surface area contributed by atoms with Crippen LogP contribution in [-0.4, -0.2) is 69.3 Å². The smallest absolute Gasteiger partial charge is 0.243 e. The summed E-state index contributed by atoms with van der Waals surface area (Å²) >= 11 is 1.72. The van der Waals surface area contributed by atoms with Crippen LogP contribution in [0.3, 0.4) is 0 Å². The molecule has 6 rings (SSSR count). The molecule has 3 aliphatic rings. The third-order valence-corrected chi connectivity index (χ3v) is 11.7. The van der Waals surface area contributed by atoms with Crippen LogP contribution in [0.4, 0.5) is 0 Å². The predicted octanol–water partition coefficient (Wildman–Crippen LogP) is 4.62. The summed E-state index contributed by atoms with van der Waals surface area (Å²) in [6.45, 7) is 4.16. The highest BCUT2D eigenvalue weighted by Crippen LogP contribution is 2.38. The molecule has 0 amide bonds. The van der Waals surface area contributed by atoms with Gasteiger partial charge >= 0.3 is 0 Å². The Kier molecular flexibility index (Phi) is 8.07. The lowest BCUT2D eigenvalue weighted by Gasteiger charge is -2.40. The van der Waals surface area contributed by atoms with Gasteiger partial charge in [0.15, 0.2) is 11.0 Å². The molecule has 208 valence electrons. The summed E-state index contributed by atoms with van der Waals surface area (Å²) in [7, 11) is -1.45. The van der Waals surface area contributed by atoms with Gasteiger partial charge in [-0.1, -0.05) is 37.1 Å². The first-order valence-electron chi connectivity index (χ1n) is 14.3. The maximum atomic E-state index is 13.6. The van der Waals surface area contributed by atoms with Crippen molar-refractivity contribution in [1.29, 1.82) is 0 Å². The SMILES string of the molecule is Cn1c(SCCCN2CCc3ccc(S(=O)(=O)N4CCC5CCCCC5C4)cc3C2)nnc1-c1cccnc1. The molecule has 0 spiro atoms. The first-order valence-corrected chi connectivity index (χ1v) is 16.7. The maximum absolute atomic E-state index is 13.6. The fourth-order valence-electron chi connectivity index (χ4n) is 6.52. The number of hydrogen-bond acceptors (Lipinski definition) is 7. The molecule has 39 heavy (non-hydrogen) atoms. The van der Waals surface area contributed by atoms with Gasteiger partial charge in [0.1, 0.15) is 0 Å². The Morgan fingerprint density at radius 1 is 1.03 bits per heavy atom. The summed E-state index contributed by atoms with van der Waals surface area (Å²) in [5, 5.41) is 9.63. The van der Waals surface area contributed by atoms with Gasteiger partial charge in [-0.05, 0) is 79.5 Å². The van der Waals surface area contributed by atoms with Crippen molar-refractivity contribution < 1.29 is 8.42 Å². The number of aromatic nitrogens is 4. The van der Waals surface area contributed by atoms with E-state index in [-0.39, 0.29) is 0 Å². The van der Waals surface area contributed by atoms with Crippen molar-refractivity contribution in [2.75, 3.05) is 31.9 Å². The number of benzene rings is 1. The van der Waals surface area contributed by atoms with Crippen molar-refractivity contribution in [1.82, 2.24) is 29.0 Å². The molecule has 10 heteroatoms. The highest BCUT2D eigenvalue weighted by molar-refractivity contribution is 7.99. The van der Waals surface area contributed by atoms with E-state index in [1.54, 1.807) is 22.3 Å². The van der Waals surface area contributed by atoms with E-state index >= 15 is 0 Å². The van der Waals surface area contributed by atoms with Crippen LogP contribution in [0.5, 0.6) is 0 Å². The number of nitrogens with zero attached hydrogens (tertiary/aromatic N) is 6. The third-order valence-electron chi connectivity index (χ3n) is 8.77. The zero-order valence-electron chi connectivity index (χ0n) is 22.7. The number of thioether (sulfide) groups is 1. The first kappa shape index (κ1) is 26.9. The Balaban J connectivity index is 1.04.